The first-order valence-electron chi connectivity index (χ1n) is 6.49. The molecule has 20 heavy (non-hydrogen) atoms. The molecule has 0 unspecified atom stereocenters. The molecular formula is C14H13FNO4-. The molecule has 2 fully saturated rings. The Labute approximate surface area is 114 Å². The number of benzene rings is 1. The fraction of sp³-hybridized carbons (Fsp3) is 0.429. The number of rotatable bonds is 3. The minimum Gasteiger partial charge on any atom is -0.550 e. The van der Waals surface area contributed by atoms with Gasteiger partial charge in [0.1, 0.15) is 5.82 Å². The normalized spacial score (nSPS) is 31.2. The minimum absolute atomic E-state index is 0.301. The summed E-state index contributed by atoms with van der Waals surface area (Å²) in [6.45, 7) is 0. The van der Waals surface area contributed by atoms with Crippen LogP contribution < -0.4 is 10.4 Å². The molecule has 0 aliphatic carbocycles. The predicted molar refractivity (Wildman–Crippen MR) is 64.9 cm³/mol. The summed E-state index contributed by atoms with van der Waals surface area (Å²) in [5.41, 5.74) is 0.301. The topological polar surface area (TPSA) is 78.5 Å². The van der Waals surface area contributed by atoms with Crippen LogP contribution in [0.3, 0.4) is 0 Å². The van der Waals surface area contributed by atoms with Crippen LogP contribution in [0.1, 0.15) is 12.8 Å². The van der Waals surface area contributed by atoms with Gasteiger partial charge in [-0.1, -0.05) is 6.07 Å². The van der Waals surface area contributed by atoms with Gasteiger partial charge in [-0.25, -0.2) is 4.39 Å². The van der Waals surface area contributed by atoms with Crippen molar-refractivity contribution in [3.05, 3.63) is 30.1 Å². The molecule has 2 aliphatic rings. The first kappa shape index (κ1) is 13.1. The Morgan fingerprint density at radius 2 is 1.95 bits per heavy atom. The molecule has 2 bridgehead atoms. The van der Waals surface area contributed by atoms with Crippen LogP contribution in [0.25, 0.3) is 0 Å². The molecule has 0 radical (unpaired) electrons. The Morgan fingerprint density at radius 1 is 1.25 bits per heavy atom. The average Bonchev–Trinajstić information content (AvgIpc) is 2.98. The number of carboxylic acids is 1. The summed E-state index contributed by atoms with van der Waals surface area (Å²) >= 11 is 0. The molecule has 0 saturated carbocycles. The number of nitrogens with one attached hydrogen (secondary N) is 1. The van der Waals surface area contributed by atoms with Crippen molar-refractivity contribution in [2.45, 2.75) is 25.0 Å². The monoisotopic (exact) mass is 278 g/mol. The summed E-state index contributed by atoms with van der Waals surface area (Å²) in [4.78, 5) is 23.4. The number of carboxylic acid groups (broad SMARTS) is 1. The molecule has 2 heterocycles. The molecule has 0 spiro atoms. The predicted octanol–water partition coefficient (Wildman–Crippen LogP) is 0.308. The van der Waals surface area contributed by atoms with Crippen molar-refractivity contribution in [2.75, 3.05) is 5.32 Å². The van der Waals surface area contributed by atoms with Crippen LogP contribution in [0, 0.1) is 17.7 Å². The third-order valence-electron chi connectivity index (χ3n) is 3.94. The lowest BCUT2D eigenvalue weighted by Crippen LogP contribution is -2.46. The Bertz CT molecular complexity index is 562. The smallest absolute Gasteiger partial charge is 0.230 e. The van der Waals surface area contributed by atoms with E-state index < -0.39 is 41.7 Å². The van der Waals surface area contributed by atoms with E-state index in [2.05, 4.69) is 5.32 Å². The molecule has 6 heteroatoms. The number of carbonyl (C=O) groups excluding carboxylic acids is 2. The molecule has 1 aromatic rings. The highest BCUT2D eigenvalue weighted by Gasteiger charge is 2.52. The zero-order valence-electron chi connectivity index (χ0n) is 10.5. The van der Waals surface area contributed by atoms with Crippen LogP contribution in [0.4, 0.5) is 10.1 Å². The van der Waals surface area contributed by atoms with Crippen molar-refractivity contribution in [1.29, 1.82) is 0 Å². The number of ether oxygens (including phenoxy) is 1. The van der Waals surface area contributed by atoms with E-state index in [0.717, 1.165) is 0 Å². The zero-order chi connectivity index (χ0) is 14.3. The third kappa shape index (κ3) is 2.16. The van der Waals surface area contributed by atoms with Crippen molar-refractivity contribution < 1.29 is 23.8 Å². The maximum Gasteiger partial charge on any atom is 0.230 e. The van der Waals surface area contributed by atoms with Crippen molar-refractivity contribution in [3.8, 4) is 0 Å². The summed E-state index contributed by atoms with van der Waals surface area (Å²) in [6.07, 6.45) is 0.452. The molecule has 2 aliphatic heterocycles. The Hall–Kier alpha value is -1.95. The number of anilines is 1. The molecule has 3 rings (SSSR count). The van der Waals surface area contributed by atoms with Gasteiger partial charge in [-0.3, -0.25) is 4.79 Å². The second-order valence-corrected chi connectivity index (χ2v) is 5.16. The van der Waals surface area contributed by atoms with Crippen LogP contribution in [0.15, 0.2) is 24.3 Å². The van der Waals surface area contributed by atoms with Crippen LogP contribution in [-0.4, -0.2) is 24.1 Å². The fourth-order valence-corrected chi connectivity index (χ4v) is 3.10. The second kappa shape index (κ2) is 4.86. The van der Waals surface area contributed by atoms with Gasteiger partial charge in [-0.05, 0) is 31.0 Å². The first-order valence-corrected chi connectivity index (χ1v) is 6.49. The summed E-state index contributed by atoms with van der Waals surface area (Å²) in [5, 5.41) is 13.7. The minimum atomic E-state index is -1.27. The third-order valence-corrected chi connectivity index (χ3v) is 3.94. The molecule has 4 atom stereocenters. The second-order valence-electron chi connectivity index (χ2n) is 5.16. The standard InChI is InChI=1S/C14H14FNO4/c15-7-2-1-3-8(6-7)16-13(17)11-9-4-5-10(20-9)12(11)14(18)19/h1-3,6,9-12H,4-5H2,(H,16,17)(H,18,19)/p-1/t9-,10+,11+,12+/m1/s1. The maximum atomic E-state index is 13.1. The highest BCUT2D eigenvalue weighted by Crippen LogP contribution is 2.43. The van der Waals surface area contributed by atoms with Crippen molar-refractivity contribution in [1.82, 2.24) is 0 Å². The number of carbonyl (C=O) groups is 2. The summed E-state index contributed by atoms with van der Waals surface area (Å²) in [6, 6.07) is 5.46. The van der Waals surface area contributed by atoms with Crippen molar-refractivity contribution >= 4 is 17.6 Å². The number of amides is 1. The molecule has 106 valence electrons. The van der Waals surface area contributed by atoms with Crippen molar-refractivity contribution in [3.63, 3.8) is 0 Å². The van der Waals surface area contributed by atoms with E-state index in [-0.39, 0.29) is 0 Å². The number of hydrogen-bond acceptors (Lipinski definition) is 4. The quantitative estimate of drug-likeness (QED) is 0.863. The number of hydrogen-bond donors (Lipinski definition) is 1. The van der Waals surface area contributed by atoms with E-state index in [4.69, 9.17) is 4.74 Å². The lowest BCUT2D eigenvalue weighted by Gasteiger charge is -2.27. The first-order chi connectivity index (χ1) is 9.56. The van der Waals surface area contributed by atoms with Gasteiger partial charge >= 0.3 is 0 Å². The Morgan fingerprint density at radius 3 is 2.60 bits per heavy atom. The molecule has 1 N–H and O–H groups in total. The van der Waals surface area contributed by atoms with Gasteiger partial charge in [-0.2, -0.15) is 0 Å². The molecule has 1 amide bonds. The highest BCUT2D eigenvalue weighted by atomic mass is 19.1. The van der Waals surface area contributed by atoms with E-state index in [1.807, 2.05) is 0 Å². The molecule has 0 aromatic heterocycles. The SMILES string of the molecule is O=C([O-])[C@@H]1[C@@H](C(=O)Nc2cccc(F)c2)[C@H]2CC[C@@H]1O2. The van der Waals surface area contributed by atoms with Crippen LogP contribution in [0.2, 0.25) is 0 Å². The molecule has 1 aromatic carbocycles. The molecular weight excluding hydrogens is 265 g/mol. The maximum absolute atomic E-state index is 13.1. The highest BCUT2D eigenvalue weighted by molar-refractivity contribution is 5.96. The van der Waals surface area contributed by atoms with Gasteiger partial charge in [0.25, 0.3) is 0 Å². The lowest BCUT2D eigenvalue weighted by atomic mass is 9.78. The van der Waals surface area contributed by atoms with E-state index in [9.17, 15) is 19.1 Å². The largest absolute Gasteiger partial charge is 0.550 e. The zero-order valence-corrected chi connectivity index (χ0v) is 10.5. The van der Waals surface area contributed by atoms with Gasteiger partial charge in [0, 0.05) is 17.6 Å². The Balaban J connectivity index is 1.78. The van der Waals surface area contributed by atoms with E-state index in [1.54, 1.807) is 6.07 Å². The van der Waals surface area contributed by atoms with Crippen LogP contribution >= 0.6 is 0 Å². The summed E-state index contributed by atoms with van der Waals surface area (Å²) in [7, 11) is 0. The van der Waals surface area contributed by atoms with Gasteiger partial charge < -0.3 is 20.0 Å². The molecule has 5 nitrogen and oxygen atoms in total. The summed E-state index contributed by atoms with van der Waals surface area (Å²) < 4.78 is 18.6. The van der Waals surface area contributed by atoms with E-state index >= 15 is 0 Å². The van der Waals surface area contributed by atoms with Gasteiger partial charge in [-0.15, -0.1) is 0 Å². The summed E-state index contributed by atoms with van der Waals surface area (Å²) in [5.74, 6) is -3.90. The van der Waals surface area contributed by atoms with Crippen LogP contribution in [-0.2, 0) is 14.3 Å². The van der Waals surface area contributed by atoms with E-state index in [0.29, 0.717) is 18.5 Å². The fourth-order valence-electron chi connectivity index (χ4n) is 3.10. The van der Waals surface area contributed by atoms with E-state index in [1.165, 1.54) is 18.2 Å². The van der Waals surface area contributed by atoms with Gasteiger partial charge in [0.15, 0.2) is 0 Å². The number of aliphatic carboxylic acids is 1. The Kier molecular flexibility index (Phi) is 3.17. The van der Waals surface area contributed by atoms with Gasteiger partial charge in [0.05, 0.1) is 18.1 Å². The molecule has 2 saturated heterocycles. The number of fused-ring (bicyclic) bond motifs is 2. The number of halogens is 1. The van der Waals surface area contributed by atoms with Gasteiger partial charge in [0.2, 0.25) is 5.91 Å². The lowest BCUT2D eigenvalue weighted by molar-refractivity contribution is -0.313. The van der Waals surface area contributed by atoms with Crippen molar-refractivity contribution in [2.24, 2.45) is 11.8 Å². The average molecular weight is 278 g/mol. The van der Waals surface area contributed by atoms with Crippen LogP contribution in [0.5, 0.6) is 0 Å².